The highest BCUT2D eigenvalue weighted by Gasteiger charge is 2.17. The Hall–Kier alpha value is -2.14. The number of aromatic nitrogens is 2. The van der Waals surface area contributed by atoms with Gasteiger partial charge in [-0.1, -0.05) is 23.7 Å². The Kier molecular flexibility index (Phi) is 5.78. The summed E-state index contributed by atoms with van der Waals surface area (Å²) in [5, 5.41) is 6.87. The van der Waals surface area contributed by atoms with E-state index < -0.39 is 0 Å². The molecule has 1 heterocycles. The van der Waals surface area contributed by atoms with Crippen molar-refractivity contribution in [1.29, 1.82) is 0 Å². The summed E-state index contributed by atoms with van der Waals surface area (Å²) in [5.41, 5.74) is 1.20. The van der Waals surface area contributed by atoms with E-state index in [1.54, 1.807) is 13.0 Å². The molecule has 0 bridgehead atoms. The molecule has 0 aliphatic carbocycles. The lowest BCUT2D eigenvalue weighted by molar-refractivity contribution is 0.0914. The zero-order chi connectivity index (χ0) is 17.7. The Morgan fingerprint density at radius 3 is 2.62 bits per heavy atom. The highest BCUT2D eigenvalue weighted by molar-refractivity contribution is 6.30. The third kappa shape index (κ3) is 5.81. The molecule has 0 fully saturated rings. The molecule has 128 valence electrons. The largest absolute Gasteiger partial charge is 0.370 e. The topological polar surface area (TPSA) is 66.9 Å². The van der Waals surface area contributed by atoms with Gasteiger partial charge in [0, 0.05) is 23.2 Å². The summed E-state index contributed by atoms with van der Waals surface area (Å²) in [6.07, 6.45) is 0.813. The smallest absolute Gasteiger partial charge is 0.270 e. The first-order valence-corrected chi connectivity index (χ1v) is 8.27. The highest BCUT2D eigenvalue weighted by atomic mass is 35.5. The molecule has 24 heavy (non-hydrogen) atoms. The van der Waals surface area contributed by atoms with Gasteiger partial charge < -0.3 is 10.6 Å². The average Bonchev–Trinajstić information content (AvgIpc) is 2.45. The molecule has 0 saturated heterocycles. The number of rotatable bonds is 5. The fourth-order valence-corrected chi connectivity index (χ4v) is 2.42. The monoisotopic (exact) mass is 346 g/mol. The van der Waals surface area contributed by atoms with Gasteiger partial charge in [0.2, 0.25) is 0 Å². The van der Waals surface area contributed by atoms with Crippen LogP contribution < -0.4 is 10.6 Å². The number of anilines is 1. The van der Waals surface area contributed by atoms with Crippen molar-refractivity contribution in [1.82, 2.24) is 15.3 Å². The molecule has 2 aromatic rings. The zero-order valence-electron chi connectivity index (χ0n) is 14.5. The van der Waals surface area contributed by atoms with E-state index in [1.165, 1.54) is 0 Å². The van der Waals surface area contributed by atoms with E-state index in [0.29, 0.717) is 23.9 Å². The first-order valence-electron chi connectivity index (χ1n) is 7.89. The van der Waals surface area contributed by atoms with Crippen molar-refractivity contribution in [2.75, 3.05) is 11.9 Å². The molecule has 2 N–H and O–H groups in total. The minimum atomic E-state index is -0.309. The predicted octanol–water partition coefficient (Wildman–Crippen LogP) is 3.62. The second kappa shape index (κ2) is 7.62. The summed E-state index contributed by atoms with van der Waals surface area (Å²) in [4.78, 5) is 20.8. The van der Waals surface area contributed by atoms with Gasteiger partial charge in [-0.05, 0) is 51.8 Å². The molecule has 0 unspecified atom stereocenters. The van der Waals surface area contributed by atoms with Crippen LogP contribution in [0.3, 0.4) is 0 Å². The number of aryl methyl sites for hydroxylation is 1. The maximum Gasteiger partial charge on any atom is 0.270 e. The van der Waals surface area contributed by atoms with E-state index in [2.05, 4.69) is 20.6 Å². The Morgan fingerprint density at radius 2 is 1.96 bits per heavy atom. The van der Waals surface area contributed by atoms with Crippen LogP contribution >= 0.6 is 11.6 Å². The normalized spacial score (nSPS) is 11.2. The predicted molar refractivity (Wildman–Crippen MR) is 97.6 cm³/mol. The molecule has 5 nitrogen and oxygen atoms in total. The van der Waals surface area contributed by atoms with Crippen LogP contribution in [0, 0.1) is 6.92 Å². The fraction of sp³-hybridized carbons (Fsp3) is 0.389. The quantitative estimate of drug-likeness (QED) is 0.867. The number of nitrogens with one attached hydrogen (secondary N) is 2. The molecule has 0 radical (unpaired) electrons. The van der Waals surface area contributed by atoms with E-state index in [9.17, 15) is 4.79 Å². The fourth-order valence-electron chi connectivity index (χ4n) is 2.21. The molecule has 1 aromatic carbocycles. The SMILES string of the molecule is Cc1nc(NCCc2cccc(Cl)c2)cc(C(=O)NC(C)(C)C)n1. The molecule has 0 aliphatic rings. The van der Waals surface area contributed by atoms with Crippen LogP contribution in [0.1, 0.15) is 42.6 Å². The number of amides is 1. The first-order chi connectivity index (χ1) is 11.2. The van der Waals surface area contributed by atoms with Gasteiger partial charge in [0.25, 0.3) is 5.91 Å². The standard InChI is InChI=1S/C18H23ClN4O/c1-12-21-15(17(24)23-18(2,3)4)11-16(22-12)20-9-8-13-6-5-7-14(19)10-13/h5-7,10-11H,8-9H2,1-4H3,(H,23,24)(H,20,21,22). The summed E-state index contributed by atoms with van der Waals surface area (Å²) in [7, 11) is 0. The number of benzene rings is 1. The van der Waals surface area contributed by atoms with Gasteiger partial charge in [0.15, 0.2) is 0 Å². The van der Waals surface area contributed by atoms with Crippen LogP contribution in [-0.4, -0.2) is 28.0 Å². The van der Waals surface area contributed by atoms with Gasteiger partial charge in [-0.25, -0.2) is 9.97 Å². The molecule has 6 heteroatoms. The van der Waals surface area contributed by atoms with E-state index >= 15 is 0 Å². The molecular formula is C18H23ClN4O. The van der Waals surface area contributed by atoms with Crippen LogP contribution in [-0.2, 0) is 6.42 Å². The van der Waals surface area contributed by atoms with Gasteiger partial charge in [-0.3, -0.25) is 4.79 Å². The molecular weight excluding hydrogens is 324 g/mol. The third-order valence-corrected chi connectivity index (χ3v) is 3.40. The molecule has 2 rings (SSSR count). The lowest BCUT2D eigenvalue weighted by Gasteiger charge is -2.20. The van der Waals surface area contributed by atoms with Crippen LogP contribution in [0.5, 0.6) is 0 Å². The summed E-state index contributed by atoms with van der Waals surface area (Å²) in [6.45, 7) is 8.27. The highest BCUT2D eigenvalue weighted by Crippen LogP contribution is 2.12. The molecule has 1 amide bonds. The number of hydrogen-bond acceptors (Lipinski definition) is 4. The van der Waals surface area contributed by atoms with Crippen molar-refractivity contribution < 1.29 is 4.79 Å². The van der Waals surface area contributed by atoms with Crippen molar-refractivity contribution in [2.45, 2.75) is 39.7 Å². The minimum absolute atomic E-state index is 0.203. The number of halogens is 1. The Labute approximate surface area is 147 Å². The average molecular weight is 347 g/mol. The van der Waals surface area contributed by atoms with Crippen molar-refractivity contribution in [3.8, 4) is 0 Å². The zero-order valence-corrected chi connectivity index (χ0v) is 15.2. The number of hydrogen-bond donors (Lipinski definition) is 2. The molecule has 0 atom stereocenters. The third-order valence-electron chi connectivity index (χ3n) is 3.17. The van der Waals surface area contributed by atoms with Gasteiger partial charge in [0.05, 0.1) is 0 Å². The maximum absolute atomic E-state index is 12.3. The van der Waals surface area contributed by atoms with E-state index in [0.717, 1.165) is 17.0 Å². The minimum Gasteiger partial charge on any atom is -0.370 e. The summed E-state index contributed by atoms with van der Waals surface area (Å²) < 4.78 is 0. The Balaban J connectivity index is 2.01. The maximum atomic E-state index is 12.3. The Morgan fingerprint density at radius 1 is 1.21 bits per heavy atom. The van der Waals surface area contributed by atoms with Crippen LogP contribution in [0.2, 0.25) is 5.02 Å². The van der Waals surface area contributed by atoms with Crippen molar-refractivity contribution >= 4 is 23.3 Å². The molecule has 0 saturated carbocycles. The second-order valence-electron chi connectivity index (χ2n) is 6.70. The van der Waals surface area contributed by atoms with Gasteiger partial charge in [-0.2, -0.15) is 0 Å². The van der Waals surface area contributed by atoms with E-state index in [1.807, 2.05) is 45.0 Å². The summed E-state index contributed by atoms with van der Waals surface area (Å²) in [5.74, 6) is 0.997. The second-order valence-corrected chi connectivity index (χ2v) is 7.13. The van der Waals surface area contributed by atoms with Crippen LogP contribution in [0.15, 0.2) is 30.3 Å². The number of carbonyl (C=O) groups excluding carboxylic acids is 1. The lowest BCUT2D eigenvalue weighted by Crippen LogP contribution is -2.41. The summed E-state index contributed by atoms with van der Waals surface area (Å²) >= 11 is 5.98. The van der Waals surface area contributed by atoms with Gasteiger partial charge in [0.1, 0.15) is 17.3 Å². The first kappa shape index (κ1) is 18.2. The number of nitrogens with zero attached hydrogens (tertiary/aromatic N) is 2. The molecule has 0 aliphatic heterocycles. The van der Waals surface area contributed by atoms with Crippen LogP contribution in [0.4, 0.5) is 5.82 Å². The van der Waals surface area contributed by atoms with Crippen LogP contribution in [0.25, 0.3) is 0 Å². The molecule has 0 spiro atoms. The Bertz CT molecular complexity index is 725. The number of carbonyl (C=O) groups is 1. The van der Waals surface area contributed by atoms with E-state index in [4.69, 9.17) is 11.6 Å². The molecule has 1 aromatic heterocycles. The lowest BCUT2D eigenvalue weighted by atomic mass is 10.1. The summed E-state index contributed by atoms with van der Waals surface area (Å²) in [6, 6.07) is 9.43. The van der Waals surface area contributed by atoms with Crippen molar-refractivity contribution in [2.24, 2.45) is 0 Å². The van der Waals surface area contributed by atoms with E-state index in [-0.39, 0.29) is 11.4 Å². The van der Waals surface area contributed by atoms with Crippen molar-refractivity contribution in [3.63, 3.8) is 0 Å². The van der Waals surface area contributed by atoms with Gasteiger partial charge >= 0.3 is 0 Å². The van der Waals surface area contributed by atoms with Gasteiger partial charge in [-0.15, -0.1) is 0 Å². The van der Waals surface area contributed by atoms with Crippen molar-refractivity contribution in [3.05, 3.63) is 52.4 Å².